The van der Waals surface area contributed by atoms with E-state index in [9.17, 15) is 4.79 Å². The second kappa shape index (κ2) is 4.78. The van der Waals surface area contributed by atoms with E-state index in [2.05, 4.69) is 15.4 Å². The fourth-order valence-corrected chi connectivity index (χ4v) is 1.49. The number of rotatable bonds is 3. The van der Waals surface area contributed by atoms with Gasteiger partial charge >= 0.3 is 0 Å². The summed E-state index contributed by atoms with van der Waals surface area (Å²) in [7, 11) is 0. The number of carbonyl (C=O) groups is 1. The zero-order valence-corrected chi connectivity index (χ0v) is 9.84. The van der Waals surface area contributed by atoms with Crippen molar-refractivity contribution in [2.75, 3.05) is 5.32 Å². The second-order valence-corrected chi connectivity index (χ2v) is 3.74. The molecule has 0 saturated carbocycles. The van der Waals surface area contributed by atoms with Crippen LogP contribution < -0.4 is 5.32 Å². The van der Waals surface area contributed by atoms with Crippen molar-refractivity contribution in [3.05, 3.63) is 36.4 Å². The molecular weight excluding hydrogens is 216 g/mol. The predicted octanol–water partition coefficient (Wildman–Crippen LogP) is 1.92. The lowest BCUT2D eigenvalue weighted by Gasteiger charge is -2.03. The Bertz CT molecular complexity index is 533. The third-order valence-corrected chi connectivity index (χ3v) is 2.42. The average molecular weight is 230 g/mol. The molecule has 0 unspecified atom stereocenters. The minimum Gasteiger partial charge on any atom is -0.323 e. The monoisotopic (exact) mass is 230 g/mol. The van der Waals surface area contributed by atoms with Crippen molar-refractivity contribution in [2.45, 2.75) is 20.3 Å². The Labute approximate surface area is 99.5 Å². The molecule has 1 N–H and O–H groups in total. The molecule has 5 nitrogen and oxygen atoms in total. The van der Waals surface area contributed by atoms with Crippen molar-refractivity contribution < 1.29 is 4.79 Å². The normalized spacial score (nSPS) is 10.2. The van der Waals surface area contributed by atoms with Crippen LogP contribution in [-0.2, 0) is 4.79 Å². The van der Waals surface area contributed by atoms with Crippen molar-refractivity contribution in [2.24, 2.45) is 0 Å². The molecule has 0 bridgehead atoms. The molecule has 2 rings (SSSR count). The molecule has 2 aromatic rings. The summed E-state index contributed by atoms with van der Waals surface area (Å²) >= 11 is 0. The van der Waals surface area contributed by atoms with Crippen LogP contribution in [0.5, 0.6) is 0 Å². The minimum absolute atomic E-state index is 0.0176. The first-order valence-corrected chi connectivity index (χ1v) is 5.46. The molecule has 0 aliphatic heterocycles. The SMILES string of the molecule is CCC(=O)Nc1cnn(-c2ccncc2C)c1. The van der Waals surface area contributed by atoms with Gasteiger partial charge in [0.2, 0.25) is 5.91 Å². The summed E-state index contributed by atoms with van der Waals surface area (Å²) in [5.41, 5.74) is 2.69. The third-order valence-electron chi connectivity index (χ3n) is 2.42. The molecule has 1 amide bonds. The van der Waals surface area contributed by atoms with Crippen LogP contribution in [0.2, 0.25) is 0 Å². The van der Waals surface area contributed by atoms with E-state index in [1.807, 2.05) is 19.9 Å². The molecule has 0 aliphatic rings. The summed E-state index contributed by atoms with van der Waals surface area (Å²) in [5, 5.41) is 6.97. The fourth-order valence-electron chi connectivity index (χ4n) is 1.49. The van der Waals surface area contributed by atoms with E-state index in [-0.39, 0.29) is 5.91 Å². The smallest absolute Gasteiger partial charge is 0.224 e. The number of pyridine rings is 1. The molecular formula is C12H14N4O. The molecule has 0 aromatic carbocycles. The molecule has 0 spiro atoms. The molecule has 0 aliphatic carbocycles. The maximum Gasteiger partial charge on any atom is 0.224 e. The molecule has 5 heteroatoms. The molecule has 0 saturated heterocycles. The zero-order valence-electron chi connectivity index (χ0n) is 9.84. The van der Waals surface area contributed by atoms with E-state index in [0.717, 1.165) is 11.3 Å². The van der Waals surface area contributed by atoms with Gasteiger partial charge in [-0.25, -0.2) is 4.68 Å². The number of nitrogens with zero attached hydrogens (tertiary/aromatic N) is 3. The Balaban J connectivity index is 2.24. The van der Waals surface area contributed by atoms with Gasteiger partial charge in [-0.2, -0.15) is 5.10 Å². The van der Waals surface area contributed by atoms with Crippen LogP contribution >= 0.6 is 0 Å². The van der Waals surface area contributed by atoms with Gasteiger partial charge in [-0.05, 0) is 18.6 Å². The Morgan fingerprint density at radius 2 is 2.29 bits per heavy atom. The van der Waals surface area contributed by atoms with E-state index in [1.165, 1.54) is 0 Å². The molecule has 2 heterocycles. The maximum absolute atomic E-state index is 11.2. The van der Waals surface area contributed by atoms with E-state index in [1.54, 1.807) is 29.5 Å². The minimum atomic E-state index is -0.0176. The van der Waals surface area contributed by atoms with Gasteiger partial charge in [0.05, 0.1) is 23.8 Å². The molecule has 0 radical (unpaired) electrons. The van der Waals surface area contributed by atoms with Crippen LogP contribution in [0.25, 0.3) is 5.69 Å². The van der Waals surface area contributed by atoms with Gasteiger partial charge in [-0.15, -0.1) is 0 Å². The van der Waals surface area contributed by atoms with Gasteiger partial charge in [0.15, 0.2) is 0 Å². The Morgan fingerprint density at radius 1 is 1.47 bits per heavy atom. The summed E-state index contributed by atoms with van der Waals surface area (Å²) in [5.74, 6) is -0.0176. The van der Waals surface area contributed by atoms with Crippen molar-refractivity contribution in [1.29, 1.82) is 0 Å². The average Bonchev–Trinajstić information content (AvgIpc) is 2.78. The van der Waals surface area contributed by atoms with Crippen LogP contribution in [0, 0.1) is 6.92 Å². The topological polar surface area (TPSA) is 59.8 Å². The lowest BCUT2D eigenvalue weighted by molar-refractivity contribution is -0.115. The highest BCUT2D eigenvalue weighted by molar-refractivity contribution is 5.90. The number of hydrogen-bond donors (Lipinski definition) is 1. The van der Waals surface area contributed by atoms with Gasteiger partial charge in [0, 0.05) is 18.8 Å². The lowest BCUT2D eigenvalue weighted by Crippen LogP contribution is -2.08. The highest BCUT2D eigenvalue weighted by atomic mass is 16.1. The fraction of sp³-hybridized carbons (Fsp3) is 0.250. The van der Waals surface area contributed by atoms with E-state index < -0.39 is 0 Å². The molecule has 0 atom stereocenters. The van der Waals surface area contributed by atoms with Crippen molar-refractivity contribution in [3.8, 4) is 5.69 Å². The van der Waals surface area contributed by atoms with Gasteiger partial charge in [0.1, 0.15) is 0 Å². The summed E-state index contributed by atoms with van der Waals surface area (Å²) < 4.78 is 1.72. The van der Waals surface area contributed by atoms with E-state index in [0.29, 0.717) is 12.1 Å². The Hall–Kier alpha value is -2.17. The largest absolute Gasteiger partial charge is 0.323 e. The highest BCUT2D eigenvalue weighted by Crippen LogP contribution is 2.14. The lowest BCUT2D eigenvalue weighted by atomic mass is 10.3. The summed E-state index contributed by atoms with van der Waals surface area (Å²) in [6, 6.07) is 1.88. The summed E-state index contributed by atoms with van der Waals surface area (Å²) in [6.07, 6.45) is 7.37. The maximum atomic E-state index is 11.2. The first-order valence-electron chi connectivity index (χ1n) is 5.46. The van der Waals surface area contributed by atoms with E-state index in [4.69, 9.17) is 0 Å². The summed E-state index contributed by atoms with van der Waals surface area (Å²) in [6.45, 7) is 3.78. The van der Waals surface area contributed by atoms with Crippen LogP contribution in [-0.4, -0.2) is 20.7 Å². The molecule has 17 heavy (non-hydrogen) atoms. The van der Waals surface area contributed by atoms with Gasteiger partial charge < -0.3 is 5.32 Å². The van der Waals surface area contributed by atoms with Gasteiger partial charge in [-0.1, -0.05) is 6.92 Å². The van der Waals surface area contributed by atoms with Crippen LogP contribution in [0.4, 0.5) is 5.69 Å². The van der Waals surface area contributed by atoms with Crippen LogP contribution in [0.15, 0.2) is 30.9 Å². The quantitative estimate of drug-likeness (QED) is 0.876. The zero-order chi connectivity index (χ0) is 12.3. The van der Waals surface area contributed by atoms with Gasteiger partial charge in [0.25, 0.3) is 0 Å². The predicted molar refractivity (Wildman–Crippen MR) is 65.0 cm³/mol. The second-order valence-electron chi connectivity index (χ2n) is 3.74. The Morgan fingerprint density at radius 3 is 3.00 bits per heavy atom. The molecule has 2 aromatic heterocycles. The first kappa shape index (κ1) is 11.3. The molecule has 0 fully saturated rings. The first-order chi connectivity index (χ1) is 8.20. The van der Waals surface area contributed by atoms with Gasteiger partial charge in [-0.3, -0.25) is 9.78 Å². The third kappa shape index (κ3) is 2.50. The number of anilines is 1. The number of carbonyl (C=O) groups excluding carboxylic acids is 1. The highest BCUT2D eigenvalue weighted by Gasteiger charge is 2.05. The number of amides is 1. The number of aromatic nitrogens is 3. The Kier molecular flexibility index (Phi) is 3.18. The van der Waals surface area contributed by atoms with Crippen molar-refractivity contribution >= 4 is 11.6 Å². The number of nitrogens with one attached hydrogen (secondary N) is 1. The van der Waals surface area contributed by atoms with Crippen LogP contribution in [0.3, 0.4) is 0 Å². The summed E-state index contributed by atoms with van der Waals surface area (Å²) in [4.78, 5) is 15.3. The number of aryl methyl sites for hydroxylation is 1. The van der Waals surface area contributed by atoms with Crippen molar-refractivity contribution in [1.82, 2.24) is 14.8 Å². The van der Waals surface area contributed by atoms with E-state index >= 15 is 0 Å². The van der Waals surface area contributed by atoms with Crippen molar-refractivity contribution in [3.63, 3.8) is 0 Å². The standard InChI is InChI=1S/C12H14N4O/c1-3-12(17)15-10-7-14-16(8-10)11-4-5-13-6-9(11)2/h4-8H,3H2,1-2H3,(H,15,17). The van der Waals surface area contributed by atoms with Crippen LogP contribution in [0.1, 0.15) is 18.9 Å². The molecule has 88 valence electrons. The number of hydrogen-bond acceptors (Lipinski definition) is 3.